The van der Waals surface area contributed by atoms with Gasteiger partial charge in [0.25, 0.3) is 0 Å². The molecule has 2 saturated carbocycles. The number of carbonyl (C=O) groups is 3. The summed E-state index contributed by atoms with van der Waals surface area (Å²) in [6.07, 6.45) is 3.17. The summed E-state index contributed by atoms with van der Waals surface area (Å²) in [7, 11) is 0. The SMILES string of the molecule is CC[C@@H](C)C(=O)O[C@H]1CC[C@@H]2[C@@](C)([C@@H]3C[C@H]4CCO[C@H]4O3)[C@H](C)C[C@H](OC(C)=O)[C@@]2(COC(C)=O)[C@@]12CO2. The second-order valence-corrected chi connectivity index (χ2v) is 12.6. The minimum Gasteiger partial charge on any atom is -0.465 e. The fourth-order valence-electron chi connectivity index (χ4n) is 8.32. The molecule has 0 bridgehead atoms. The zero-order valence-electron chi connectivity index (χ0n) is 23.7. The molecule has 0 aromatic rings. The maximum atomic E-state index is 13.0. The van der Waals surface area contributed by atoms with Gasteiger partial charge in [-0.2, -0.15) is 0 Å². The molecule has 0 N–H and O–H groups in total. The summed E-state index contributed by atoms with van der Waals surface area (Å²) < 4.78 is 36.8. The molecule has 2 aliphatic carbocycles. The Bertz CT molecular complexity index is 934. The molecule has 5 rings (SSSR count). The first kappa shape index (κ1) is 27.8. The lowest BCUT2D eigenvalue weighted by Crippen LogP contribution is -2.72. The van der Waals surface area contributed by atoms with Crippen molar-refractivity contribution in [3.05, 3.63) is 0 Å². The van der Waals surface area contributed by atoms with Crippen LogP contribution in [0.5, 0.6) is 0 Å². The number of hydrogen-bond acceptors (Lipinski definition) is 9. The molecule has 3 saturated heterocycles. The predicted octanol–water partition coefficient (Wildman–Crippen LogP) is 3.80. The summed E-state index contributed by atoms with van der Waals surface area (Å²) in [6.45, 7) is 12.2. The highest BCUT2D eigenvalue weighted by Gasteiger charge is 2.80. The number of esters is 3. The zero-order chi connectivity index (χ0) is 27.5. The van der Waals surface area contributed by atoms with Crippen LogP contribution < -0.4 is 0 Å². The molecule has 38 heavy (non-hydrogen) atoms. The van der Waals surface area contributed by atoms with E-state index in [0.717, 1.165) is 19.4 Å². The van der Waals surface area contributed by atoms with E-state index in [4.69, 9.17) is 28.4 Å². The highest BCUT2D eigenvalue weighted by atomic mass is 16.7. The van der Waals surface area contributed by atoms with E-state index in [2.05, 4.69) is 13.8 Å². The van der Waals surface area contributed by atoms with Gasteiger partial charge < -0.3 is 28.4 Å². The number of hydrogen-bond donors (Lipinski definition) is 0. The lowest BCUT2D eigenvalue weighted by molar-refractivity contribution is -0.270. The summed E-state index contributed by atoms with van der Waals surface area (Å²) in [5, 5.41) is 0. The molecule has 0 aromatic carbocycles. The van der Waals surface area contributed by atoms with Crippen LogP contribution in [0.1, 0.15) is 80.1 Å². The molecule has 9 heteroatoms. The number of ether oxygens (including phenoxy) is 6. The Balaban J connectivity index is 1.58. The van der Waals surface area contributed by atoms with E-state index in [0.29, 0.717) is 38.2 Å². The average Bonchev–Trinajstić information content (AvgIpc) is 3.35. The summed E-state index contributed by atoms with van der Waals surface area (Å²) in [6, 6.07) is 0. The van der Waals surface area contributed by atoms with E-state index in [-0.39, 0.29) is 54.1 Å². The van der Waals surface area contributed by atoms with Crippen molar-refractivity contribution in [1.29, 1.82) is 0 Å². The number of rotatable bonds is 7. The van der Waals surface area contributed by atoms with Crippen LogP contribution in [0.15, 0.2) is 0 Å². The third-order valence-corrected chi connectivity index (χ3v) is 10.8. The van der Waals surface area contributed by atoms with E-state index < -0.39 is 29.2 Å². The van der Waals surface area contributed by atoms with E-state index in [1.165, 1.54) is 13.8 Å². The molecule has 0 radical (unpaired) electrons. The summed E-state index contributed by atoms with van der Waals surface area (Å²) in [5.74, 6) is -0.824. The van der Waals surface area contributed by atoms with Gasteiger partial charge in [0.1, 0.15) is 24.4 Å². The van der Waals surface area contributed by atoms with E-state index in [1.54, 1.807) is 0 Å². The van der Waals surface area contributed by atoms with Crippen molar-refractivity contribution in [3.63, 3.8) is 0 Å². The Labute approximate surface area is 225 Å². The fourth-order valence-corrected chi connectivity index (χ4v) is 8.32. The molecule has 9 nitrogen and oxygen atoms in total. The van der Waals surface area contributed by atoms with Crippen LogP contribution in [-0.2, 0) is 42.8 Å². The van der Waals surface area contributed by atoms with Crippen molar-refractivity contribution in [1.82, 2.24) is 0 Å². The van der Waals surface area contributed by atoms with E-state index in [9.17, 15) is 14.4 Å². The Morgan fingerprint density at radius 2 is 1.76 bits per heavy atom. The predicted molar refractivity (Wildman–Crippen MR) is 135 cm³/mol. The van der Waals surface area contributed by atoms with Crippen LogP contribution in [0.3, 0.4) is 0 Å². The molecule has 3 aliphatic heterocycles. The Kier molecular flexibility index (Phi) is 7.36. The first-order valence-electron chi connectivity index (χ1n) is 14.4. The van der Waals surface area contributed by atoms with Crippen molar-refractivity contribution in [3.8, 4) is 0 Å². The fraction of sp³-hybridized carbons (Fsp3) is 0.897. The first-order valence-corrected chi connectivity index (χ1v) is 14.4. The van der Waals surface area contributed by atoms with Crippen LogP contribution >= 0.6 is 0 Å². The third-order valence-electron chi connectivity index (χ3n) is 10.8. The lowest BCUT2D eigenvalue weighted by atomic mass is 9.42. The highest BCUT2D eigenvalue weighted by Crippen LogP contribution is 2.70. The number of fused-ring (bicyclic) bond motifs is 3. The van der Waals surface area contributed by atoms with Crippen molar-refractivity contribution in [2.45, 2.75) is 110 Å². The van der Waals surface area contributed by atoms with E-state index >= 15 is 0 Å². The van der Waals surface area contributed by atoms with Gasteiger partial charge in [-0.1, -0.05) is 27.7 Å². The van der Waals surface area contributed by atoms with Crippen LogP contribution in [0.2, 0.25) is 0 Å². The molecule has 5 aliphatic rings. The van der Waals surface area contributed by atoms with Gasteiger partial charge in [0.2, 0.25) is 0 Å². The maximum Gasteiger partial charge on any atom is 0.309 e. The second kappa shape index (κ2) is 10.0. The number of epoxide rings is 1. The monoisotopic (exact) mass is 536 g/mol. The third kappa shape index (κ3) is 4.19. The minimum absolute atomic E-state index is 0.0285. The maximum absolute atomic E-state index is 13.0. The van der Waals surface area contributed by atoms with Gasteiger partial charge >= 0.3 is 17.9 Å². The van der Waals surface area contributed by atoms with Crippen molar-refractivity contribution >= 4 is 17.9 Å². The van der Waals surface area contributed by atoms with Crippen LogP contribution in [0, 0.1) is 34.5 Å². The van der Waals surface area contributed by atoms with Gasteiger partial charge in [0.05, 0.1) is 30.7 Å². The van der Waals surface area contributed by atoms with E-state index in [1.807, 2.05) is 13.8 Å². The van der Waals surface area contributed by atoms with Gasteiger partial charge in [0.15, 0.2) is 6.29 Å². The van der Waals surface area contributed by atoms with Gasteiger partial charge in [0, 0.05) is 25.2 Å². The molecule has 214 valence electrons. The molecule has 0 unspecified atom stereocenters. The quantitative estimate of drug-likeness (QED) is 0.273. The Morgan fingerprint density at radius 3 is 2.37 bits per heavy atom. The van der Waals surface area contributed by atoms with Crippen molar-refractivity contribution in [2.24, 2.45) is 34.5 Å². The molecular formula is C29H44O9. The smallest absolute Gasteiger partial charge is 0.309 e. The molecule has 5 fully saturated rings. The Morgan fingerprint density at radius 1 is 1.03 bits per heavy atom. The number of carbonyl (C=O) groups excluding carboxylic acids is 3. The average molecular weight is 537 g/mol. The van der Waals surface area contributed by atoms with Gasteiger partial charge in [-0.15, -0.1) is 0 Å². The molecule has 0 amide bonds. The normalized spacial score (nSPS) is 46.1. The second-order valence-electron chi connectivity index (χ2n) is 12.6. The lowest BCUT2D eigenvalue weighted by Gasteiger charge is -2.64. The summed E-state index contributed by atoms with van der Waals surface area (Å²) in [4.78, 5) is 37.6. The molecule has 1 spiro atoms. The first-order chi connectivity index (χ1) is 18.0. The van der Waals surface area contributed by atoms with Crippen LogP contribution in [0.25, 0.3) is 0 Å². The molecule has 3 heterocycles. The van der Waals surface area contributed by atoms with Gasteiger partial charge in [-0.05, 0) is 50.4 Å². The van der Waals surface area contributed by atoms with Crippen LogP contribution in [-0.4, -0.2) is 67.9 Å². The zero-order valence-corrected chi connectivity index (χ0v) is 23.7. The molecular weight excluding hydrogens is 492 g/mol. The summed E-state index contributed by atoms with van der Waals surface area (Å²) in [5.41, 5.74) is -2.11. The van der Waals surface area contributed by atoms with Crippen molar-refractivity contribution < 1.29 is 42.8 Å². The standard InChI is InChI=1S/C29H44O9/c1-7-16(2)25(32)37-22-9-8-21-27(6,23-13-20-10-11-33-26(20)38-23)17(3)12-24(36-19(5)31)28(21,14-34-18(4)30)29(22)15-35-29/h16-17,20-24,26H,7-15H2,1-6H3/t16-,17-,20-,21-,22+,23+,24+,26+,27+,28+,29-/m1/s1. The van der Waals surface area contributed by atoms with Crippen LogP contribution in [0.4, 0.5) is 0 Å². The Hall–Kier alpha value is -1.71. The van der Waals surface area contributed by atoms with Gasteiger partial charge in [-0.25, -0.2) is 0 Å². The topological polar surface area (TPSA) is 110 Å². The molecule has 11 atom stereocenters. The minimum atomic E-state index is -0.902. The highest BCUT2D eigenvalue weighted by molar-refractivity contribution is 5.72. The largest absolute Gasteiger partial charge is 0.465 e. The molecule has 0 aromatic heterocycles. The van der Waals surface area contributed by atoms with Crippen molar-refractivity contribution in [2.75, 3.05) is 19.8 Å². The summed E-state index contributed by atoms with van der Waals surface area (Å²) >= 11 is 0. The van der Waals surface area contributed by atoms with Gasteiger partial charge in [-0.3, -0.25) is 14.4 Å².